The number of carboxylic acid groups (broad SMARTS) is 1. The summed E-state index contributed by atoms with van der Waals surface area (Å²) >= 11 is 0. The number of hydrogen-bond donors (Lipinski definition) is 2. The van der Waals surface area contributed by atoms with Crippen molar-refractivity contribution in [3.63, 3.8) is 0 Å². The van der Waals surface area contributed by atoms with Crippen molar-refractivity contribution >= 4 is 17.9 Å². The summed E-state index contributed by atoms with van der Waals surface area (Å²) in [5, 5.41) is 10.6. The molecule has 1 unspecified atom stereocenters. The number of piperidine rings is 1. The molecule has 0 spiro atoms. The summed E-state index contributed by atoms with van der Waals surface area (Å²) in [7, 11) is 0. The zero-order valence-corrected chi connectivity index (χ0v) is 9.94. The molecule has 1 aliphatic heterocycles. The lowest BCUT2D eigenvalue weighted by Gasteiger charge is -2.30. The summed E-state index contributed by atoms with van der Waals surface area (Å²) in [6.07, 6.45) is 1.62. The Kier molecular flexibility index (Phi) is 4.93. The second-order valence-corrected chi connectivity index (χ2v) is 4.44. The van der Waals surface area contributed by atoms with Gasteiger partial charge >= 0.3 is 12.0 Å². The first-order valence-corrected chi connectivity index (χ1v) is 5.79. The fraction of sp³-hybridized carbons (Fsp3) is 0.727. The molecule has 0 bridgehead atoms. The van der Waals surface area contributed by atoms with Crippen LogP contribution < -0.4 is 5.32 Å². The molecule has 1 aliphatic rings. The Balaban J connectivity index is 2.32. The third-order valence-electron chi connectivity index (χ3n) is 2.76. The van der Waals surface area contributed by atoms with Crippen LogP contribution in [0.3, 0.4) is 0 Å². The van der Waals surface area contributed by atoms with Gasteiger partial charge in [0, 0.05) is 19.5 Å². The molecule has 0 aromatic heterocycles. The number of hydrogen-bond acceptors (Lipinski definition) is 3. The van der Waals surface area contributed by atoms with Crippen LogP contribution >= 0.6 is 0 Å². The highest BCUT2D eigenvalue weighted by molar-refractivity contribution is 5.95. The Morgan fingerprint density at radius 1 is 1.35 bits per heavy atom. The van der Waals surface area contributed by atoms with Crippen molar-refractivity contribution in [3.8, 4) is 0 Å². The molecule has 0 aromatic carbocycles. The smallest absolute Gasteiger partial charge is 0.324 e. The molecule has 0 aromatic rings. The Labute approximate surface area is 100.0 Å². The van der Waals surface area contributed by atoms with E-state index in [1.165, 1.54) is 0 Å². The van der Waals surface area contributed by atoms with E-state index in [4.69, 9.17) is 5.11 Å². The van der Waals surface area contributed by atoms with Crippen LogP contribution in [0.15, 0.2) is 0 Å². The standard InChI is InChI=1S/C11H18N2O4/c1-8-3-2-6-13(7-8)11(17)12-9(14)4-5-10(15)16/h8H,2-7H2,1H3,(H,15,16)(H,12,14,17). The van der Waals surface area contributed by atoms with Crippen LogP contribution in [0.4, 0.5) is 4.79 Å². The average Bonchev–Trinajstić information content (AvgIpc) is 2.26. The third-order valence-corrected chi connectivity index (χ3v) is 2.76. The van der Waals surface area contributed by atoms with Gasteiger partial charge < -0.3 is 10.0 Å². The molecule has 0 radical (unpaired) electrons. The van der Waals surface area contributed by atoms with Crippen LogP contribution in [-0.2, 0) is 9.59 Å². The van der Waals surface area contributed by atoms with Gasteiger partial charge in [-0.3, -0.25) is 14.9 Å². The van der Waals surface area contributed by atoms with E-state index in [1.807, 2.05) is 0 Å². The SMILES string of the molecule is CC1CCCN(C(=O)NC(=O)CCC(=O)O)C1. The maximum atomic E-state index is 11.6. The van der Waals surface area contributed by atoms with Gasteiger partial charge in [0.25, 0.3) is 0 Å². The van der Waals surface area contributed by atoms with Gasteiger partial charge in [-0.15, -0.1) is 0 Å². The van der Waals surface area contributed by atoms with Gasteiger partial charge in [-0.05, 0) is 18.8 Å². The Morgan fingerprint density at radius 3 is 2.65 bits per heavy atom. The summed E-state index contributed by atoms with van der Waals surface area (Å²) in [5.41, 5.74) is 0. The van der Waals surface area contributed by atoms with E-state index in [1.54, 1.807) is 4.90 Å². The Morgan fingerprint density at radius 2 is 2.06 bits per heavy atom. The second-order valence-electron chi connectivity index (χ2n) is 4.44. The maximum absolute atomic E-state index is 11.6. The zero-order valence-electron chi connectivity index (χ0n) is 9.94. The number of nitrogens with one attached hydrogen (secondary N) is 1. The van der Waals surface area contributed by atoms with E-state index in [-0.39, 0.29) is 12.8 Å². The molecule has 6 nitrogen and oxygen atoms in total. The summed E-state index contributed by atoms with van der Waals surface area (Å²) < 4.78 is 0. The van der Waals surface area contributed by atoms with Crippen LogP contribution in [0.1, 0.15) is 32.6 Å². The Hall–Kier alpha value is -1.59. The van der Waals surface area contributed by atoms with E-state index in [2.05, 4.69) is 12.2 Å². The van der Waals surface area contributed by atoms with Gasteiger partial charge in [-0.25, -0.2) is 4.79 Å². The van der Waals surface area contributed by atoms with Crippen molar-refractivity contribution in [1.82, 2.24) is 10.2 Å². The zero-order chi connectivity index (χ0) is 12.8. The molecule has 2 N–H and O–H groups in total. The first-order chi connectivity index (χ1) is 7.99. The fourth-order valence-electron chi connectivity index (χ4n) is 1.86. The quantitative estimate of drug-likeness (QED) is 0.767. The van der Waals surface area contributed by atoms with Crippen LogP contribution in [0.25, 0.3) is 0 Å². The minimum atomic E-state index is -1.04. The van der Waals surface area contributed by atoms with E-state index < -0.39 is 17.9 Å². The van der Waals surface area contributed by atoms with Crippen molar-refractivity contribution in [2.24, 2.45) is 5.92 Å². The van der Waals surface area contributed by atoms with Crippen LogP contribution in [0, 0.1) is 5.92 Å². The van der Waals surface area contributed by atoms with Gasteiger partial charge in [-0.2, -0.15) is 0 Å². The van der Waals surface area contributed by atoms with Crippen LogP contribution in [-0.4, -0.2) is 41.0 Å². The number of carbonyl (C=O) groups excluding carboxylic acids is 2. The number of imide groups is 1. The van der Waals surface area contributed by atoms with Gasteiger partial charge in [0.05, 0.1) is 6.42 Å². The van der Waals surface area contributed by atoms with Gasteiger partial charge in [-0.1, -0.05) is 6.92 Å². The number of rotatable bonds is 3. The fourth-order valence-corrected chi connectivity index (χ4v) is 1.86. The molecule has 1 rings (SSSR count). The lowest BCUT2D eigenvalue weighted by Crippen LogP contribution is -2.47. The minimum absolute atomic E-state index is 0.162. The van der Waals surface area contributed by atoms with Crippen molar-refractivity contribution in [2.45, 2.75) is 32.6 Å². The highest BCUT2D eigenvalue weighted by Gasteiger charge is 2.22. The van der Waals surface area contributed by atoms with Crippen molar-refractivity contribution in [1.29, 1.82) is 0 Å². The number of aliphatic carboxylic acids is 1. The number of amides is 3. The molecule has 1 fully saturated rings. The predicted molar refractivity (Wildman–Crippen MR) is 60.4 cm³/mol. The van der Waals surface area contributed by atoms with Crippen molar-refractivity contribution in [2.75, 3.05) is 13.1 Å². The molecule has 0 aliphatic carbocycles. The minimum Gasteiger partial charge on any atom is -0.481 e. The third kappa shape index (κ3) is 4.84. The van der Waals surface area contributed by atoms with E-state index in [0.717, 1.165) is 12.8 Å². The first-order valence-electron chi connectivity index (χ1n) is 5.79. The first kappa shape index (κ1) is 13.5. The molecule has 17 heavy (non-hydrogen) atoms. The molecular weight excluding hydrogens is 224 g/mol. The number of nitrogens with zero attached hydrogens (tertiary/aromatic N) is 1. The highest BCUT2D eigenvalue weighted by Crippen LogP contribution is 2.15. The largest absolute Gasteiger partial charge is 0.481 e. The topological polar surface area (TPSA) is 86.7 Å². The Bertz CT molecular complexity index is 317. The lowest BCUT2D eigenvalue weighted by molar-refractivity contribution is -0.138. The molecular formula is C11H18N2O4. The molecule has 0 saturated carbocycles. The monoisotopic (exact) mass is 242 g/mol. The molecule has 96 valence electrons. The van der Waals surface area contributed by atoms with Gasteiger partial charge in [0.15, 0.2) is 0 Å². The number of likely N-dealkylation sites (tertiary alicyclic amines) is 1. The number of urea groups is 1. The molecule has 1 atom stereocenters. The van der Waals surface area contributed by atoms with Crippen molar-refractivity contribution in [3.05, 3.63) is 0 Å². The van der Waals surface area contributed by atoms with Crippen molar-refractivity contribution < 1.29 is 19.5 Å². The maximum Gasteiger partial charge on any atom is 0.324 e. The molecule has 1 saturated heterocycles. The van der Waals surface area contributed by atoms with Crippen LogP contribution in [0.2, 0.25) is 0 Å². The second kappa shape index (κ2) is 6.22. The molecule has 3 amide bonds. The van der Waals surface area contributed by atoms with Gasteiger partial charge in [0.2, 0.25) is 5.91 Å². The van der Waals surface area contributed by atoms with E-state index >= 15 is 0 Å². The van der Waals surface area contributed by atoms with Gasteiger partial charge in [0.1, 0.15) is 0 Å². The van der Waals surface area contributed by atoms with E-state index in [9.17, 15) is 14.4 Å². The highest BCUT2D eigenvalue weighted by atomic mass is 16.4. The summed E-state index contributed by atoms with van der Waals surface area (Å²) in [5.74, 6) is -1.13. The summed E-state index contributed by atoms with van der Waals surface area (Å²) in [4.78, 5) is 34.8. The van der Waals surface area contributed by atoms with E-state index in [0.29, 0.717) is 19.0 Å². The molecule has 1 heterocycles. The molecule has 6 heteroatoms. The number of carboxylic acids is 1. The number of carbonyl (C=O) groups is 3. The van der Waals surface area contributed by atoms with Crippen LogP contribution in [0.5, 0.6) is 0 Å². The summed E-state index contributed by atoms with van der Waals surface area (Å²) in [6, 6.07) is -0.410. The average molecular weight is 242 g/mol. The summed E-state index contributed by atoms with van der Waals surface area (Å²) in [6.45, 7) is 3.37. The lowest BCUT2D eigenvalue weighted by atomic mass is 10.0. The normalized spacial score (nSPS) is 19.8. The predicted octanol–water partition coefficient (Wildman–Crippen LogP) is 0.819.